The van der Waals surface area contributed by atoms with Crippen molar-refractivity contribution in [2.24, 2.45) is 0 Å². The van der Waals surface area contributed by atoms with E-state index in [1.807, 2.05) is 42.5 Å². The van der Waals surface area contributed by atoms with Crippen LogP contribution in [0.3, 0.4) is 0 Å². The van der Waals surface area contributed by atoms with Crippen LogP contribution in [0.1, 0.15) is 11.1 Å². The molecule has 0 heterocycles. The Morgan fingerprint density at radius 1 is 1.09 bits per heavy atom. The minimum Gasteiger partial charge on any atom is -0.508 e. The van der Waals surface area contributed by atoms with Gasteiger partial charge >= 0.3 is 0 Å². The summed E-state index contributed by atoms with van der Waals surface area (Å²) in [6.07, 6.45) is 1.52. The molecule has 0 atom stereocenters. The van der Waals surface area contributed by atoms with Gasteiger partial charge in [0.25, 0.3) is 5.91 Å². The highest BCUT2D eigenvalue weighted by Gasteiger charge is 2.13. The first-order chi connectivity index (χ1) is 16.4. The van der Waals surface area contributed by atoms with Crippen molar-refractivity contribution in [1.29, 1.82) is 5.26 Å². The van der Waals surface area contributed by atoms with Crippen LogP contribution < -0.4 is 10.1 Å². The van der Waals surface area contributed by atoms with Gasteiger partial charge in [-0.2, -0.15) is 5.26 Å². The van der Waals surface area contributed by atoms with E-state index in [4.69, 9.17) is 4.74 Å². The first-order valence-corrected chi connectivity index (χ1v) is 12.1. The number of nitrogens with zero attached hydrogens (tertiary/aromatic N) is 1. The SMILES string of the molecule is N#C/C(=C\c1cc(Br)c(OCc2cccc3ccccc23)c(I)c1)C(=O)Nc1ccc(O)cc1. The molecule has 4 aromatic carbocycles. The number of fused-ring (bicyclic) bond motifs is 1. The van der Waals surface area contributed by atoms with Gasteiger partial charge in [0.05, 0.1) is 8.04 Å². The Kier molecular flexibility index (Phi) is 7.50. The van der Waals surface area contributed by atoms with Crippen molar-refractivity contribution in [2.45, 2.75) is 6.61 Å². The van der Waals surface area contributed by atoms with Crippen molar-refractivity contribution in [1.82, 2.24) is 0 Å². The molecular weight excluding hydrogens is 607 g/mol. The molecule has 0 unspecified atom stereocenters. The zero-order chi connectivity index (χ0) is 24.1. The number of amides is 1. The third-order valence-electron chi connectivity index (χ3n) is 5.07. The molecule has 1 amide bonds. The van der Waals surface area contributed by atoms with Gasteiger partial charge in [0, 0.05) is 5.69 Å². The molecule has 0 aliphatic rings. The number of carbonyl (C=O) groups excluding carboxylic acids is 1. The Balaban J connectivity index is 1.53. The number of hydrogen-bond acceptors (Lipinski definition) is 4. The van der Waals surface area contributed by atoms with Crippen LogP contribution in [0.4, 0.5) is 5.69 Å². The number of phenolic OH excluding ortho intramolecular Hbond substituents is 1. The van der Waals surface area contributed by atoms with Gasteiger partial charge in [-0.25, -0.2) is 0 Å². The molecular formula is C27H18BrIN2O3. The van der Waals surface area contributed by atoms with E-state index < -0.39 is 5.91 Å². The second kappa shape index (κ2) is 10.7. The summed E-state index contributed by atoms with van der Waals surface area (Å²) in [4.78, 5) is 12.5. The average Bonchev–Trinajstić information content (AvgIpc) is 2.83. The van der Waals surface area contributed by atoms with E-state index in [2.05, 4.69) is 62.0 Å². The largest absolute Gasteiger partial charge is 0.508 e. The van der Waals surface area contributed by atoms with Crippen LogP contribution in [-0.4, -0.2) is 11.0 Å². The quantitative estimate of drug-likeness (QED) is 0.104. The van der Waals surface area contributed by atoms with E-state index in [1.54, 1.807) is 12.1 Å². The molecule has 4 rings (SSSR count). The maximum Gasteiger partial charge on any atom is 0.266 e. The molecule has 0 saturated heterocycles. The summed E-state index contributed by atoms with van der Waals surface area (Å²) in [5, 5.41) is 23.8. The highest BCUT2D eigenvalue weighted by Crippen LogP contribution is 2.34. The summed E-state index contributed by atoms with van der Waals surface area (Å²) >= 11 is 5.74. The molecule has 0 aliphatic heterocycles. The lowest BCUT2D eigenvalue weighted by atomic mass is 10.1. The summed E-state index contributed by atoms with van der Waals surface area (Å²) in [7, 11) is 0. The van der Waals surface area contributed by atoms with Gasteiger partial charge in [0.2, 0.25) is 0 Å². The number of aromatic hydroxyl groups is 1. The lowest BCUT2D eigenvalue weighted by molar-refractivity contribution is -0.112. The molecule has 0 saturated carbocycles. The van der Waals surface area contributed by atoms with Crippen LogP contribution in [-0.2, 0) is 11.4 Å². The van der Waals surface area contributed by atoms with Crippen LogP contribution in [0.2, 0.25) is 0 Å². The third-order valence-corrected chi connectivity index (χ3v) is 6.46. The maximum atomic E-state index is 12.5. The summed E-state index contributed by atoms with van der Waals surface area (Å²) in [5.41, 5.74) is 2.21. The molecule has 4 aromatic rings. The Bertz CT molecular complexity index is 1410. The van der Waals surface area contributed by atoms with Gasteiger partial charge in [-0.3, -0.25) is 4.79 Å². The van der Waals surface area contributed by atoms with Crippen molar-refractivity contribution in [3.8, 4) is 17.6 Å². The predicted octanol–water partition coefficient (Wildman–Crippen LogP) is 7.04. The summed E-state index contributed by atoms with van der Waals surface area (Å²) < 4.78 is 7.71. The first kappa shape index (κ1) is 23.8. The Morgan fingerprint density at radius 2 is 1.82 bits per heavy atom. The summed E-state index contributed by atoms with van der Waals surface area (Å²) in [6, 6.07) is 26.0. The van der Waals surface area contributed by atoms with Crippen molar-refractivity contribution in [3.05, 3.63) is 104 Å². The number of anilines is 1. The first-order valence-electron chi connectivity index (χ1n) is 10.3. The van der Waals surface area contributed by atoms with Crippen molar-refractivity contribution < 1.29 is 14.6 Å². The molecule has 0 fully saturated rings. The van der Waals surface area contributed by atoms with Gasteiger partial charge in [0.15, 0.2) is 0 Å². The molecule has 0 radical (unpaired) electrons. The topological polar surface area (TPSA) is 82.3 Å². The van der Waals surface area contributed by atoms with Crippen LogP contribution in [0.25, 0.3) is 16.8 Å². The number of carbonyl (C=O) groups is 1. The minimum absolute atomic E-state index is 0.0415. The molecule has 0 aliphatic carbocycles. The monoisotopic (exact) mass is 624 g/mol. The number of hydrogen-bond donors (Lipinski definition) is 2. The summed E-state index contributed by atoms with van der Waals surface area (Å²) in [5.74, 6) is 0.254. The molecule has 7 heteroatoms. The fourth-order valence-electron chi connectivity index (χ4n) is 3.43. The van der Waals surface area contributed by atoms with Crippen LogP contribution >= 0.6 is 38.5 Å². The number of rotatable bonds is 6. The van der Waals surface area contributed by atoms with Crippen LogP contribution in [0.15, 0.2) is 88.9 Å². The molecule has 168 valence electrons. The Morgan fingerprint density at radius 3 is 2.56 bits per heavy atom. The van der Waals surface area contributed by atoms with Gasteiger partial charge < -0.3 is 15.2 Å². The molecule has 5 nitrogen and oxygen atoms in total. The highest BCUT2D eigenvalue weighted by molar-refractivity contribution is 14.1. The average molecular weight is 625 g/mol. The highest BCUT2D eigenvalue weighted by atomic mass is 127. The number of nitriles is 1. The van der Waals surface area contributed by atoms with E-state index in [1.165, 1.54) is 18.2 Å². The third kappa shape index (κ3) is 5.58. The van der Waals surface area contributed by atoms with Gasteiger partial charge in [-0.15, -0.1) is 0 Å². The second-order valence-corrected chi connectivity index (χ2v) is 9.43. The van der Waals surface area contributed by atoms with Gasteiger partial charge in [0.1, 0.15) is 29.7 Å². The molecule has 34 heavy (non-hydrogen) atoms. The molecule has 0 aromatic heterocycles. The van der Waals surface area contributed by atoms with Gasteiger partial charge in [-0.05, 0) is 103 Å². The lowest BCUT2D eigenvalue weighted by Crippen LogP contribution is -2.13. The normalized spacial score (nSPS) is 11.1. The maximum absolute atomic E-state index is 12.5. The molecule has 2 N–H and O–H groups in total. The van der Waals surface area contributed by atoms with E-state index in [0.29, 0.717) is 23.6 Å². The second-order valence-electron chi connectivity index (χ2n) is 7.41. The predicted molar refractivity (Wildman–Crippen MR) is 145 cm³/mol. The lowest BCUT2D eigenvalue weighted by Gasteiger charge is -2.13. The smallest absolute Gasteiger partial charge is 0.266 e. The Hall–Kier alpha value is -3.35. The van der Waals surface area contributed by atoms with Gasteiger partial charge in [-0.1, -0.05) is 42.5 Å². The van der Waals surface area contributed by atoms with Crippen molar-refractivity contribution in [2.75, 3.05) is 5.32 Å². The van der Waals surface area contributed by atoms with Crippen molar-refractivity contribution >= 4 is 67.0 Å². The summed E-state index contributed by atoms with van der Waals surface area (Å²) in [6.45, 7) is 0.406. The number of phenols is 1. The van der Waals surface area contributed by atoms with E-state index in [9.17, 15) is 15.2 Å². The number of nitrogens with one attached hydrogen (secondary N) is 1. The Labute approximate surface area is 219 Å². The standard InChI is InChI=1S/C27H18BrIN2O3/c28-24-13-17(12-20(15-30)27(33)31-21-8-10-22(32)11-9-21)14-25(29)26(24)34-16-19-6-3-5-18-4-1-2-7-23(18)19/h1-14,32H,16H2,(H,31,33)/b20-12+. The van der Waals surface area contributed by atoms with Crippen LogP contribution in [0.5, 0.6) is 11.5 Å². The zero-order valence-electron chi connectivity index (χ0n) is 17.8. The number of halogens is 2. The van der Waals surface area contributed by atoms with E-state index in [-0.39, 0.29) is 11.3 Å². The number of benzene rings is 4. The fourth-order valence-corrected chi connectivity index (χ4v) is 5.20. The minimum atomic E-state index is -0.532. The molecule has 0 bridgehead atoms. The number of ether oxygens (including phenoxy) is 1. The molecule has 0 spiro atoms. The van der Waals surface area contributed by atoms with E-state index >= 15 is 0 Å². The zero-order valence-corrected chi connectivity index (χ0v) is 21.5. The van der Waals surface area contributed by atoms with Crippen LogP contribution in [0, 0.1) is 14.9 Å². The fraction of sp³-hybridized carbons (Fsp3) is 0.0370. The van der Waals surface area contributed by atoms with E-state index in [0.717, 1.165) is 24.4 Å². The van der Waals surface area contributed by atoms with Crippen molar-refractivity contribution in [3.63, 3.8) is 0 Å².